The van der Waals surface area contributed by atoms with Crippen molar-refractivity contribution in [3.63, 3.8) is 0 Å². The minimum Gasteiger partial charge on any atom is -0.366 e. The average Bonchev–Trinajstić information content (AvgIpc) is 2.80. The Hall–Kier alpha value is -0.600. The molecule has 2 fully saturated rings. The Balaban J connectivity index is 1.83. The van der Waals surface area contributed by atoms with Crippen molar-refractivity contribution in [3.8, 4) is 11.8 Å². The Morgan fingerprint density at radius 1 is 1.11 bits per heavy atom. The van der Waals surface area contributed by atoms with Crippen molar-refractivity contribution < 1.29 is 19.3 Å². The van der Waals surface area contributed by atoms with Crippen LogP contribution in [0.15, 0.2) is 0 Å². The number of unbranched alkanes of at least 4 members (excludes halogenated alkanes) is 4. The molecule has 4 atom stereocenters. The first kappa shape index (κ1) is 14.8. The zero-order valence-corrected chi connectivity index (χ0v) is 12.0. The number of hydrogen-bond donors (Lipinski definition) is 1. The van der Waals surface area contributed by atoms with Gasteiger partial charge < -0.3 is 19.3 Å². The lowest BCUT2D eigenvalue weighted by molar-refractivity contribution is -0.213. The van der Waals surface area contributed by atoms with Crippen molar-refractivity contribution in [1.29, 1.82) is 0 Å². The van der Waals surface area contributed by atoms with Gasteiger partial charge in [-0.15, -0.1) is 5.92 Å². The van der Waals surface area contributed by atoms with E-state index in [0.29, 0.717) is 0 Å². The second kappa shape index (κ2) is 6.23. The molecule has 0 spiro atoms. The van der Waals surface area contributed by atoms with E-state index < -0.39 is 18.2 Å². The lowest BCUT2D eigenvalue weighted by Crippen LogP contribution is -2.29. The van der Waals surface area contributed by atoms with Crippen molar-refractivity contribution >= 4 is 0 Å². The second-order valence-corrected chi connectivity index (χ2v) is 5.64. The fourth-order valence-electron chi connectivity index (χ4n) is 2.51. The maximum atomic E-state index is 9.78. The van der Waals surface area contributed by atoms with Gasteiger partial charge in [0.2, 0.25) is 0 Å². The van der Waals surface area contributed by atoms with Gasteiger partial charge in [-0.25, -0.2) is 0 Å². The van der Waals surface area contributed by atoms with E-state index in [0.717, 1.165) is 12.8 Å². The third-order valence-corrected chi connectivity index (χ3v) is 3.43. The van der Waals surface area contributed by atoms with Crippen LogP contribution in [0.1, 0.15) is 52.9 Å². The first-order chi connectivity index (χ1) is 9.03. The van der Waals surface area contributed by atoms with Gasteiger partial charge in [0.05, 0.1) is 0 Å². The fourth-order valence-corrected chi connectivity index (χ4v) is 2.51. The topological polar surface area (TPSA) is 47.9 Å². The van der Waals surface area contributed by atoms with E-state index in [1.165, 1.54) is 19.3 Å². The quantitative estimate of drug-likeness (QED) is 0.627. The van der Waals surface area contributed by atoms with Gasteiger partial charge in [0, 0.05) is 6.42 Å². The van der Waals surface area contributed by atoms with Gasteiger partial charge >= 0.3 is 0 Å². The lowest BCUT2D eigenvalue weighted by atomic mass is 10.1. The number of rotatable bonds is 4. The molecule has 2 aliphatic heterocycles. The molecule has 19 heavy (non-hydrogen) atoms. The zero-order valence-electron chi connectivity index (χ0n) is 12.0. The molecule has 0 aromatic heterocycles. The first-order valence-corrected chi connectivity index (χ1v) is 7.21. The molecule has 0 aromatic carbocycles. The summed E-state index contributed by atoms with van der Waals surface area (Å²) < 4.78 is 16.7. The normalized spacial score (nSPS) is 35.8. The molecule has 1 N–H and O–H groups in total. The molecule has 0 aromatic rings. The zero-order chi connectivity index (χ0) is 13.9. The van der Waals surface area contributed by atoms with Gasteiger partial charge in [-0.2, -0.15) is 0 Å². The summed E-state index contributed by atoms with van der Waals surface area (Å²) in [5.41, 5.74) is 0. The summed E-state index contributed by atoms with van der Waals surface area (Å²) in [6.45, 7) is 5.87. The molecule has 0 bridgehead atoms. The maximum Gasteiger partial charge on any atom is 0.185 e. The molecular formula is C15H24O4. The van der Waals surface area contributed by atoms with Crippen LogP contribution in [0.4, 0.5) is 0 Å². The van der Waals surface area contributed by atoms with E-state index in [2.05, 4.69) is 18.8 Å². The van der Waals surface area contributed by atoms with E-state index >= 15 is 0 Å². The molecule has 2 aliphatic rings. The highest BCUT2D eigenvalue weighted by atomic mass is 16.8. The first-order valence-electron chi connectivity index (χ1n) is 7.21. The van der Waals surface area contributed by atoms with E-state index in [4.69, 9.17) is 14.2 Å². The molecule has 0 saturated carbocycles. The van der Waals surface area contributed by atoms with Crippen molar-refractivity contribution in [1.82, 2.24) is 0 Å². The summed E-state index contributed by atoms with van der Waals surface area (Å²) in [6, 6.07) is 0. The van der Waals surface area contributed by atoms with Crippen molar-refractivity contribution in [3.05, 3.63) is 0 Å². The predicted octanol–water partition coefficient (Wildman–Crippen LogP) is 2.20. The molecule has 4 heteroatoms. The number of ether oxygens (including phenoxy) is 3. The smallest absolute Gasteiger partial charge is 0.185 e. The van der Waals surface area contributed by atoms with Gasteiger partial charge in [0.15, 0.2) is 12.1 Å². The standard InChI is InChI=1S/C15H24O4/c1-4-5-6-7-8-9-10-11-12-13(14(16)17-11)19-15(2,3)18-12/h11-14,16H,4-8H2,1-3H3/t11-,12-,13+,14?/m1/s1. The summed E-state index contributed by atoms with van der Waals surface area (Å²) in [5, 5.41) is 9.78. The Labute approximate surface area is 115 Å². The summed E-state index contributed by atoms with van der Waals surface area (Å²) >= 11 is 0. The van der Waals surface area contributed by atoms with Crippen LogP contribution in [-0.2, 0) is 14.2 Å². The minimum atomic E-state index is -0.939. The van der Waals surface area contributed by atoms with Crippen molar-refractivity contribution in [2.45, 2.75) is 83.3 Å². The van der Waals surface area contributed by atoms with E-state index in [1.54, 1.807) is 0 Å². The van der Waals surface area contributed by atoms with Gasteiger partial charge in [-0.05, 0) is 20.3 Å². The van der Waals surface area contributed by atoms with Crippen LogP contribution in [-0.4, -0.2) is 35.5 Å². The summed E-state index contributed by atoms with van der Waals surface area (Å²) in [5.74, 6) is 5.52. The summed E-state index contributed by atoms with van der Waals surface area (Å²) in [7, 11) is 0. The SMILES string of the molecule is CCCCCCC#C[C@H]1OC(O)[C@H]2OC(C)(C)O[C@@H]21. The van der Waals surface area contributed by atoms with Gasteiger partial charge in [-0.1, -0.05) is 32.1 Å². The molecule has 0 aliphatic carbocycles. The molecule has 0 radical (unpaired) electrons. The molecule has 2 rings (SSSR count). The molecule has 0 amide bonds. The lowest BCUT2D eigenvalue weighted by Gasteiger charge is -2.20. The number of hydrogen-bond acceptors (Lipinski definition) is 4. The minimum absolute atomic E-state index is 0.284. The van der Waals surface area contributed by atoms with Crippen molar-refractivity contribution in [2.75, 3.05) is 0 Å². The monoisotopic (exact) mass is 268 g/mol. The van der Waals surface area contributed by atoms with Crippen molar-refractivity contribution in [2.24, 2.45) is 0 Å². The van der Waals surface area contributed by atoms with Crippen LogP contribution >= 0.6 is 0 Å². The van der Waals surface area contributed by atoms with Gasteiger partial charge in [-0.3, -0.25) is 0 Å². The largest absolute Gasteiger partial charge is 0.366 e. The Kier molecular flexibility index (Phi) is 4.86. The summed E-state index contributed by atoms with van der Waals surface area (Å²) in [6.07, 6.45) is 3.68. The molecule has 1 unspecified atom stereocenters. The van der Waals surface area contributed by atoms with E-state index in [9.17, 15) is 5.11 Å². The number of aliphatic hydroxyl groups excluding tert-OH is 1. The van der Waals surface area contributed by atoms with Crippen LogP contribution in [0, 0.1) is 11.8 Å². The Morgan fingerprint density at radius 2 is 1.84 bits per heavy atom. The third-order valence-electron chi connectivity index (χ3n) is 3.43. The highest BCUT2D eigenvalue weighted by Crippen LogP contribution is 2.37. The Bertz CT molecular complexity index is 355. The van der Waals surface area contributed by atoms with Crippen LogP contribution in [0.3, 0.4) is 0 Å². The number of fused-ring (bicyclic) bond motifs is 1. The summed E-state index contributed by atoms with van der Waals surface area (Å²) in [4.78, 5) is 0. The average molecular weight is 268 g/mol. The highest BCUT2D eigenvalue weighted by Gasteiger charge is 2.54. The van der Waals surface area contributed by atoms with Crippen LogP contribution in [0.25, 0.3) is 0 Å². The maximum absolute atomic E-state index is 9.78. The second-order valence-electron chi connectivity index (χ2n) is 5.64. The van der Waals surface area contributed by atoms with Gasteiger partial charge in [0.1, 0.15) is 18.3 Å². The molecular weight excluding hydrogens is 244 g/mol. The molecule has 108 valence electrons. The third kappa shape index (κ3) is 3.70. The van der Waals surface area contributed by atoms with Gasteiger partial charge in [0.25, 0.3) is 0 Å². The van der Waals surface area contributed by atoms with E-state index in [-0.39, 0.29) is 12.2 Å². The molecule has 2 heterocycles. The number of aliphatic hydroxyl groups is 1. The highest BCUT2D eigenvalue weighted by molar-refractivity contribution is 5.13. The van der Waals surface area contributed by atoms with Crippen LogP contribution < -0.4 is 0 Å². The van der Waals surface area contributed by atoms with E-state index in [1.807, 2.05) is 13.8 Å². The fraction of sp³-hybridized carbons (Fsp3) is 0.867. The Morgan fingerprint density at radius 3 is 2.58 bits per heavy atom. The molecule has 2 saturated heterocycles. The van der Waals surface area contributed by atoms with Crippen LogP contribution in [0.5, 0.6) is 0 Å². The van der Waals surface area contributed by atoms with Crippen LogP contribution in [0.2, 0.25) is 0 Å². The molecule has 4 nitrogen and oxygen atoms in total. The predicted molar refractivity (Wildman–Crippen MR) is 71.2 cm³/mol.